The van der Waals surface area contributed by atoms with Gasteiger partial charge in [-0.05, 0) is 37.1 Å². The van der Waals surface area contributed by atoms with Gasteiger partial charge in [-0.15, -0.1) is 0 Å². The Labute approximate surface area is 119 Å². The van der Waals surface area contributed by atoms with Crippen LogP contribution in [0.1, 0.15) is 18.4 Å². The molecule has 1 unspecified atom stereocenters. The van der Waals surface area contributed by atoms with Gasteiger partial charge in [-0.3, -0.25) is 0 Å². The summed E-state index contributed by atoms with van der Waals surface area (Å²) in [5.74, 6) is 0. The smallest absolute Gasteiger partial charge is 0.0991 e. The standard InChI is InChI=1S/C16H20N4/c17-11-13-3-4-16-14(10-13)5-9-20(16)8-1-2-15-12-18-6-7-19-15/h3-5,9-10,15,18-19H,1-2,6-8,12H2. The highest BCUT2D eigenvalue weighted by Crippen LogP contribution is 2.18. The molecule has 3 rings (SSSR count). The first-order valence-corrected chi connectivity index (χ1v) is 7.30. The van der Waals surface area contributed by atoms with Crippen molar-refractivity contribution in [3.63, 3.8) is 0 Å². The molecule has 2 aromatic rings. The van der Waals surface area contributed by atoms with Gasteiger partial charge in [-0.1, -0.05) is 0 Å². The van der Waals surface area contributed by atoms with E-state index < -0.39 is 0 Å². The number of nitrogens with zero attached hydrogens (tertiary/aromatic N) is 2. The van der Waals surface area contributed by atoms with Crippen molar-refractivity contribution in [3.05, 3.63) is 36.0 Å². The monoisotopic (exact) mass is 268 g/mol. The molecule has 4 heteroatoms. The second-order valence-electron chi connectivity index (χ2n) is 5.39. The Kier molecular flexibility index (Phi) is 4.00. The summed E-state index contributed by atoms with van der Waals surface area (Å²) in [7, 11) is 0. The first-order chi connectivity index (χ1) is 9.86. The number of benzene rings is 1. The van der Waals surface area contributed by atoms with Crippen molar-refractivity contribution in [2.45, 2.75) is 25.4 Å². The van der Waals surface area contributed by atoms with E-state index in [0.717, 1.165) is 37.1 Å². The molecule has 0 aliphatic carbocycles. The number of hydrogen-bond donors (Lipinski definition) is 2. The lowest BCUT2D eigenvalue weighted by atomic mass is 10.1. The Bertz CT molecular complexity index is 617. The molecule has 0 radical (unpaired) electrons. The van der Waals surface area contributed by atoms with Gasteiger partial charge in [-0.2, -0.15) is 5.26 Å². The van der Waals surface area contributed by atoms with Crippen LogP contribution in [0.5, 0.6) is 0 Å². The van der Waals surface area contributed by atoms with Crippen LogP contribution in [-0.4, -0.2) is 30.2 Å². The Hall–Kier alpha value is -1.83. The van der Waals surface area contributed by atoms with Gasteiger partial charge in [0.25, 0.3) is 0 Å². The predicted octanol–water partition coefficient (Wildman–Crippen LogP) is 1.85. The van der Waals surface area contributed by atoms with Gasteiger partial charge in [0.1, 0.15) is 0 Å². The molecular weight excluding hydrogens is 248 g/mol. The van der Waals surface area contributed by atoms with E-state index in [2.05, 4.69) is 33.5 Å². The molecule has 20 heavy (non-hydrogen) atoms. The van der Waals surface area contributed by atoms with E-state index in [1.54, 1.807) is 0 Å². The number of rotatable bonds is 4. The average molecular weight is 268 g/mol. The Morgan fingerprint density at radius 1 is 1.30 bits per heavy atom. The second kappa shape index (κ2) is 6.08. The van der Waals surface area contributed by atoms with Crippen molar-refractivity contribution in [2.75, 3.05) is 19.6 Å². The number of nitriles is 1. The first-order valence-electron chi connectivity index (χ1n) is 7.30. The Balaban J connectivity index is 1.61. The highest BCUT2D eigenvalue weighted by atomic mass is 15.1. The van der Waals surface area contributed by atoms with E-state index in [1.807, 2.05) is 18.2 Å². The van der Waals surface area contributed by atoms with E-state index in [0.29, 0.717) is 6.04 Å². The highest BCUT2D eigenvalue weighted by Gasteiger charge is 2.11. The summed E-state index contributed by atoms with van der Waals surface area (Å²) in [6.07, 6.45) is 4.49. The number of piperazine rings is 1. The largest absolute Gasteiger partial charge is 0.347 e. The van der Waals surface area contributed by atoms with Crippen LogP contribution in [0.15, 0.2) is 30.5 Å². The van der Waals surface area contributed by atoms with E-state index >= 15 is 0 Å². The topological polar surface area (TPSA) is 52.8 Å². The summed E-state index contributed by atoms with van der Waals surface area (Å²) in [4.78, 5) is 0. The fraction of sp³-hybridized carbons (Fsp3) is 0.438. The van der Waals surface area contributed by atoms with Gasteiger partial charge in [0.2, 0.25) is 0 Å². The van der Waals surface area contributed by atoms with Crippen molar-refractivity contribution in [3.8, 4) is 6.07 Å². The van der Waals surface area contributed by atoms with Gasteiger partial charge < -0.3 is 15.2 Å². The molecule has 1 atom stereocenters. The van der Waals surface area contributed by atoms with Crippen LogP contribution in [0.3, 0.4) is 0 Å². The van der Waals surface area contributed by atoms with Crippen LogP contribution in [-0.2, 0) is 6.54 Å². The molecule has 1 fully saturated rings. The Morgan fingerprint density at radius 2 is 2.25 bits per heavy atom. The minimum atomic E-state index is 0.607. The molecule has 0 amide bonds. The quantitative estimate of drug-likeness (QED) is 0.890. The van der Waals surface area contributed by atoms with E-state index in [-0.39, 0.29) is 0 Å². The SMILES string of the molecule is N#Cc1ccc2c(ccn2CCCC2CNCCN2)c1. The lowest BCUT2D eigenvalue weighted by Gasteiger charge is -2.24. The molecule has 4 nitrogen and oxygen atoms in total. The molecule has 104 valence electrons. The van der Waals surface area contributed by atoms with E-state index in [4.69, 9.17) is 5.26 Å². The van der Waals surface area contributed by atoms with Crippen LogP contribution in [0, 0.1) is 11.3 Å². The van der Waals surface area contributed by atoms with Crippen LogP contribution < -0.4 is 10.6 Å². The van der Waals surface area contributed by atoms with Gasteiger partial charge in [0.15, 0.2) is 0 Å². The summed E-state index contributed by atoms with van der Waals surface area (Å²) in [6.45, 7) is 4.28. The number of nitrogens with one attached hydrogen (secondary N) is 2. The third kappa shape index (κ3) is 2.84. The van der Waals surface area contributed by atoms with Crippen molar-refractivity contribution in [2.24, 2.45) is 0 Å². The summed E-state index contributed by atoms with van der Waals surface area (Å²) < 4.78 is 2.28. The van der Waals surface area contributed by atoms with Gasteiger partial charge in [-0.25, -0.2) is 0 Å². The first kappa shape index (κ1) is 13.2. The van der Waals surface area contributed by atoms with Gasteiger partial charge >= 0.3 is 0 Å². The lowest BCUT2D eigenvalue weighted by molar-refractivity contribution is 0.385. The third-order valence-electron chi connectivity index (χ3n) is 3.98. The van der Waals surface area contributed by atoms with Crippen molar-refractivity contribution in [1.29, 1.82) is 5.26 Å². The average Bonchev–Trinajstić information content (AvgIpc) is 2.91. The number of aryl methyl sites for hydroxylation is 1. The summed E-state index contributed by atoms with van der Waals surface area (Å²) in [5.41, 5.74) is 1.95. The van der Waals surface area contributed by atoms with Crippen LogP contribution in [0.25, 0.3) is 10.9 Å². The lowest BCUT2D eigenvalue weighted by Crippen LogP contribution is -2.48. The fourth-order valence-electron chi connectivity index (χ4n) is 2.89. The maximum Gasteiger partial charge on any atom is 0.0991 e. The van der Waals surface area contributed by atoms with Crippen molar-refractivity contribution >= 4 is 10.9 Å². The van der Waals surface area contributed by atoms with Crippen molar-refractivity contribution in [1.82, 2.24) is 15.2 Å². The fourth-order valence-corrected chi connectivity index (χ4v) is 2.89. The third-order valence-corrected chi connectivity index (χ3v) is 3.98. The molecule has 1 aliphatic heterocycles. The molecule has 1 aromatic carbocycles. The summed E-state index contributed by atoms with van der Waals surface area (Å²) >= 11 is 0. The molecule has 1 saturated heterocycles. The van der Waals surface area contributed by atoms with Gasteiger partial charge in [0.05, 0.1) is 11.6 Å². The minimum absolute atomic E-state index is 0.607. The second-order valence-corrected chi connectivity index (χ2v) is 5.39. The van der Waals surface area contributed by atoms with E-state index in [1.165, 1.54) is 18.4 Å². The number of aromatic nitrogens is 1. The number of hydrogen-bond acceptors (Lipinski definition) is 3. The Morgan fingerprint density at radius 3 is 3.05 bits per heavy atom. The maximum absolute atomic E-state index is 8.92. The highest BCUT2D eigenvalue weighted by molar-refractivity contribution is 5.81. The summed E-state index contributed by atoms with van der Waals surface area (Å²) in [6, 6.07) is 10.8. The molecule has 2 heterocycles. The van der Waals surface area contributed by atoms with Crippen LogP contribution in [0.2, 0.25) is 0 Å². The molecular formula is C16H20N4. The molecule has 0 saturated carbocycles. The zero-order chi connectivity index (χ0) is 13.8. The number of fused-ring (bicyclic) bond motifs is 1. The van der Waals surface area contributed by atoms with Crippen LogP contribution >= 0.6 is 0 Å². The molecule has 1 aromatic heterocycles. The maximum atomic E-state index is 8.92. The molecule has 0 spiro atoms. The normalized spacial score (nSPS) is 19.1. The van der Waals surface area contributed by atoms with E-state index in [9.17, 15) is 0 Å². The molecule has 1 aliphatic rings. The minimum Gasteiger partial charge on any atom is -0.347 e. The zero-order valence-electron chi connectivity index (χ0n) is 11.6. The van der Waals surface area contributed by atoms with Gasteiger partial charge in [0, 0.05) is 49.3 Å². The van der Waals surface area contributed by atoms with Crippen molar-refractivity contribution < 1.29 is 0 Å². The van der Waals surface area contributed by atoms with Crippen LogP contribution in [0.4, 0.5) is 0 Å². The predicted molar refractivity (Wildman–Crippen MR) is 80.5 cm³/mol. The zero-order valence-corrected chi connectivity index (χ0v) is 11.6. The molecule has 2 N–H and O–H groups in total. The molecule has 0 bridgehead atoms. The summed E-state index contributed by atoms with van der Waals surface area (Å²) in [5, 5.41) is 17.0.